The SMILES string of the molecule is CCCNCC(C(=O)C(C)(C)C)c1ccc(Cl)cc1. The van der Waals surface area contributed by atoms with Gasteiger partial charge in [0, 0.05) is 17.0 Å². The molecule has 0 heterocycles. The summed E-state index contributed by atoms with van der Waals surface area (Å²) in [5.41, 5.74) is 0.700. The number of benzene rings is 1. The van der Waals surface area contributed by atoms with E-state index in [1.54, 1.807) is 0 Å². The molecule has 1 atom stereocenters. The lowest BCUT2D eigenvalue weighted by Gasteiger charge is -2.25. The van der Waals surface area contributed by atoms with Gasteiger partial charge in [-0.1, -0.05) is 51.4 Å². The Balaban J connectivity index is 2.91. The zero-order valence-corrected chi connectivity index (χ0v) is 13.1. The van der Waals surface area contributed by atoms with Gasteiger partial charge in [0.05, 0.1) is 5.92 Å². The highest BCUT2D eigenvalue weighted by Crippen LogP contribution is 2.27. The lowest BCUT2D eigenvalue weighted by molar-refractivity contribution is -0.127. The van der Waals surface area contributed by atoms with E-state index in [0.29, 0.717) is 11.6 Å². The molecule has 0 aliphatic carbocycles. The van der Waals surface area contributed by atoms with Crippen LogP contribution in [-0.2, 0) is 4.79 Å². The average molecular weight is 282 g/mol. The molecule has 1 aromatic carbocycles. The van der Waals surface area contributed by atoms with E-state index >= 15 is 0 Å². The third kappa shape index (κ3) is 4.96. The van der Waals surface area contributed by atoms with Crippen molar-refractivity contribution in [2.75, 3.05) is 13.1 Å². The Labute approximate surface area is 121 Å². The average Bonchev–Trinajstić information content (AvgIpc) is 2.34. The van der Waals surface area contributed by atoms with Gasteiger partial charge in [0.25, 0.3) is 0 Å². The van der Waals surface area contributed by atoms with Crippen LogP contribution >= 0.6 is 11.6 Å². The monoisotopic (exact) mass is 281 g/mol. The van der Waals surface area contributed by atoms with Gasteiger partial charge in [-0.2, -0.15) is 0 Å². The maximum atomic E-state index is 12.6. The molecular formula is C16H24ClNO. The highest BCUT2D eigenvalue weighted by molar-refractivity contribution is 6.30. The second-order valence-electron chi connectivity index (χ2n) is 5.92. The Morgan fingerprint density at radius 1 is 1.26 bits per heavy atom. The molecule has 0 bridgehead atoms. The van der Waals surface area contributed by atoms with Crippen LogP contribution in [0.15, 0.2) is 24.3 Å². The summed E-state index contributed by atoms with van der Waals surface area (Å²) in [5, 5.41) is 4.05. The van der Waals surface area contributed by atoms with Crippen LogP contribution in [0.4, 0.5) is 0 Å². The number of nitrogens with one attached hydrogen (secondary N) is 1. The number of carbonyl (C=O) groups excluding carboxylic acids is 1. The van der Waals surface area contributed by atoms with Gasteiger partial charge in [-0.15, -0.1) is 0 Å². The van der Waals surface area contributed by atoms with E-state index < -0.39 is 0 Å². The van der Waals surface area contributed by atoms with Gasteiger partial charge in [-0.05, 0) is 30.7 Å². The summed E-state index contributed by atoms with van der Waals surface area (Å²) in [5.74, 6) is 0.155. The Morgan fingerprint density at radius 3 is 2.32 bits per heavy atom. The van der Waals surface area contributed by atoms with Crippen molar-refractivity contribution in [3.63, 3.8) is 0 Å². The van der Waals surface area contributed by atoms with Crippen molar-refractivity contribution >= 4 is 17.4 Å². The van der Waals surface area contributed by atoms with E-state index in [-0.39, 0.29) is 17.1 Å². The predicted octanol–water partition coefficient (Wildman–Crippen LogP) is 4.04. The van der Waals surface area contributed by atoms with Crippen molar-refractivity contribution in [1.82, 2.24) is 5.32 Å². The van der Waals surface area contributed by atoms with Gasteiger partial charge < -0.3 is 5.32 Å². The summed E-state index contributed by atoms with van der Waals surface area (Å²) in [4.78, 5) is 12.6. The van der Waals surface area contributed by atoms with Crippen LogP contribution in [0, 0.1) is 5.41 Å². The normalized spacial score (nSPS) is 13.3. The fraction of sp³-hybridized carbons (Fsp3) is 0.562. The third-order valence-electron chi connectivity index (χ3n) is 3.10. The third-order valence-corrected chi connectivity index (χ3v) is 3.36. The molecule has 0 fully saturated rings. The topological polar surface area (TPSA) is 29.1 Å². The molecule has 1 unspecified atom stereocenters. The molecule has 0 radical (unpaired) electrons. The second-order valence-corrected chi connectivity index (χ2v) is 6.36. The summed E-state index contributed by atoms with van der Waals surface area (Å²) < 4.78 is 0. The van der Waals surface area contributed by atoms with E-state index in [2.05, 4.69) is 12.2 Å². The van der Waals surface area contributed by atoms with E-state index in [1.807, 2.05) is 45.0 Å². The van der Waals surface area contributed by atoms with E-state index in [1.165, 1.54) is 0 Å². The second kappa shape index (κ2) is 7.06. The number of hydrogen-bond acceptors (Lipinski definition) is 2. The summed E-state index contributed by atoms with van der Waals surface area (Å²) in [7, 11) is 0. The predicted molar refractivity (Wildman–Crippen MR) is 81.8 cm³/mol. The van der Waals surface area contributed by atoms with Crippen LogP contribution in [0.1, 0.15) is 45.6 Å². The zero-order chi connectivity index (χ0) is 14.5. The summed E-state index contributed by atoms with van der Waals surface area (Å²) in [6.45, 7) is 9.65. The molecule has 1 rings (SSSR count). The number of ketones is 1. The smallest absolute Gasteiger partial charge is 0.146 e. The van der Waals surface area contributed by atoms with Crippen LogP contribution in [0.2, 0.25) is 5.02 Å². The molecule has 1 N–H and O–H groups in total. The standard InChI is InChI=1S/C16H24ClNO/c1-5-10-18-11-14(15(19)16(2,3)4)12-6-8-13(17)9-7-12/h6-9,14,18H,5,10-11H2,1-4H3. The lowest BCUT2D eigenvalue weighted by Crippen LogP contribution is -2.34. The number of carbonyl (C=O) groups is 1. The van der Waals surface area contributed by atoms with Crippen molar-refractivity contribution in [3.05, 3.63) is 34.9 Å². The first-order valence-corrected chi connectivity index (χ1v) is 7.24. The Bertz CT molecular complexity index is 406. The first-order valence-electron chi connectivity index (χ1n) is 6.86. The fourth-order valence-electron chi connectivity index (χ4n) is 2.00. The molecule has 0 aliphatic heterocycles. The summed E-state index contributed by atoms with van der Waals surface area (Å²) >= 11 is 5.91. The molecule has 0 saturated carbocycles. The van der Waals surface area contributed by atoms with Crippen molar-refractivity contribution in [2.45, 2.75) is 40.0 Å². The van der Waals surface area contributed by atoms with E-state index in [9.17, 15) is 4.79 Å². The Kier molecular flexibility index (Phi) is 6.02. The first kappa shape index (κ1) is 16.2. The molecule has 0 aromatic heterocycles. The van der Waals surface area contributed by atoms with Crippen molar-refractivity contribution in [2.24, 2.45) is 5.41 Å². The van der Waals surface area contributed by atoms with Gasteiger partial charge in [-0.3, -0.25) is 4.79 Å². The van der Waals surface area contributed by atoms with Gasteiger partial charge in [0.1, 0.15) is 5.78 Å². The maximum absolute atomic E-state index is 12.6. The molecule has 106 valence electrons. The van der Waals surface area contributed by atoms with Crippen LogP contribution < -0.4 is 5.32 Å². The Morgan fingerprint density at radius 2 is 1.84 bits per heavy atom. The maximum Gasteiger partial charge on any atom is 0.146 e. The van der Waals surface area contributed by atoms with Crippen LogP contribution in [0.25, 0.3) is 0 Å². The summed E-state index contributed by atoms with van der Waals surface area (Å²) in [6.07, 6.45) is 1.07. The van der Waals surface area contributed by atoms with E-state index in [0.717, 1.165) is 18.5 Å². The van der Waals surface area contributed by atoms with Gasteiger partial charge >= 0.3 is 0 Å². The Hall–Kier alpha value is -0.860. The van der Waals surface area contributed by atoms with E-state index in [4.69, 9.17) is 11.6 Å². The highest BCUT2D eigenvalue weighted by Gasteiger charge is 2.30. The van der Waals surface area contributed by atoms with Crippen molar-refractivity contribution in [3.8, 4) is 0 Å². The number of rotatable bonds is 6. The van der Waals surface area contributed by atoms with Crippen LogP contribution in [0.3, 0.4) is 0 Å². The fourth-order valence-corrected chi connectivity index (χ4v) is 2.13. The quantitative estimate of drug-likeness (QED) is 0.798. The van der Waals surface area contributed by atoms with Crippen LogP contribution in [-0.4, -0.2) is 18.9 Å². The van der Waals surface area contributed by atoms with Gasteiger partial charge in [0.2, 0.25) is 0 Å². The molecule has 0 saturated heterocycles. The molecule has 19 heavy (non-hydrogen) atoms. The summed E-state index contributed by atoms with van der Waals surface area (Å²) in [6, 6.07) is 7.59. The minimum Gasteiger partial charge on any atom is -0.316 e. The number of hydrogen-bond donors (Lipinski definition) is 1. The largest absolute Gasteiger partial charge is 0.316 e. The lowest BCUT2D eigenvalue weighted by atomic mass is 9.80. The highest BCUT2D eigenvalue weighted by atomic mass is 35.5. The number of Topliss-reactive ketones (excluding diaryl/α,β-unsaturated/α-hetero) is 1. The molecule has 1 aromatic rings. The molecule has 3 heteroatoms. The molecule has 0 spiro atoms. The van der Waals surface area contributed by atoms with Gasteiger partial charge in [-0.25, -0.2) is 0 Å². The van der Waals surface area contributed by atoms with Crippen molar-refractivity contribution in [1.29, 1.82) is 0 Å². The minimum absolute atomic E-state index is 0.108. The number of halogens is 1. The molecular weight excluding hydrogens is 258 g/mol. The molecule has 0 amide bonds. The first-order chi connectivity index (χ1) is 8.86. The van der Waals surface area contributed by atoms with Crippen molar-refractivity contribution < 1.29 is 4.79 Å². The van der Waals surface area contributed by atoms with Gasteiger partial charge in [0.15, 0.2) is 0 Å². The molecule has 2 nitrogen and oxygen atoms in total. The minimum atomic E-state index is -0.335. The molecule has 0 aliphatic rings. The van der Waals surface area contributed by atoms with Crippen LogP contribution in [0.5, 0.6) is 0 Å². The zero-order valence-electron chi connectivity index (χ0n) is 12.3.